The van der Waals surface area contributed by atoms with Gasteiger partial charge in [0.25, 0.3) is 0 Å². The number of carbonyl (C=O) groups excluding carboxylic acids is 1. The predicted octanol–water partition coefficient (Wildman–Crippen LogP) is 2.59. The van der Waals surface area contributed by atoms with Gasteiger partial charge in [0.05, 0.1) is 5.56 Å². The van der Waals surface area contributed by atoms with Crippen molar-refractivity contribution in [3.8, 4) is 5.75 Å². The Morgan fingerprint density at radius 1 is 1.39 bits per heavy atom. The lowest BCUT2D eigenvalue weighted by atomic mass is 10.1. The smallest absolute Gasteiger partial charge is 0.166 e. The molecule has 18 heavy (non-hydrogen) atoms. The number of aromatic nitrogens is 2. The Labute approximate surface area is 106 Å². The number of rotatable bonds is 5. The zero-order valence-corrected chi connectivity index (χ0v) is 10.6. The monoisotopic (exact) mass is 244 g/mol. The number of nitrogens with zero attached hydrogens (tertiary/aromatic N) is 2. The number of carbonyl (C=O) groups is 1. The van der Waals surface area contributed by atoms with Crippen LogP contribution in [0, 0.1) is 0 Å². The maximum Gasteiger partial charge on any atom is 0.166 e. The Bertz CT molecular complexity index is 546. The summed E-state index contributed by atoms with van der Waals surface area (Å²) in [4.78, 5) is 15.9. The molecule has 1 heterocycles. The van der Waals surface area contributed by atoms with Gasteiger partial charge in [-0.05, 0) is 12.1 Å². The quantitative estimate of drug-likeness (QED) is 0.759. The van der Waals surface area contributed by atoms with Crippen molar-refractivity contribution in [2.75, 3.05) is 0 Å². The molecular weight excluding hydrogens is 228 g/mol. The first-order valence-corrected chi connectivity index (χ1v) is 5.93. The normalized spacial score (nSPS) is 10.3. The number of Topliss-reactive ketones (excluding diaryl/α,β-unsaturated/α-hetero) is 1. The molecular formula is C14H16N2O2. The van der Waals surface area contributed by atoms with Crippen LogP contribution in [0.15, 0.2) is 36.7 Å². The summed E-state index contributed by atoms with van der Waals surface area (Å²) in [6, 6.07) is 7.31. The molecule has 0 N–H and O–H groups in total. The van der Waals surface area contributed by atoms with Gasteiger partial charge < -0.3 is 9.30 Å². The van der Waals surface area contributed by atoms with E-state index >= 15 is 0 Å². The van der Waals surface area contributed by atoms with Crippen molar-refractivity contribution in [2.24, 2.45) is 7.05 Å². The molecule has 0 aliphatic heterocycles. The number of hydrogen-bond donors (Lipinski definition) is 0. The fraction of sp³-hybridized carbons (Fsp3) is 0.286. The van der Waals surface area contributed by atoms with E-state index in [1.807, 2.05) is 42.9 Å². The fourth-order valence-electron chi connectivity index (χ4n) is 1.69. The first-order valence-electron chi connectivity index (χ1n) is 5.93. The third-order valence-electron chi connectivity index (χ3n) is 2.79. The number of para-hydroxylation sites is 1. The number of benzene rings is 1. The summed E-state index contributed by atoms with van der Waals surface area (Å²) < 4.78 is 7.57. The lowest BCUT2D eigenvalue weighted by molar-refractivity contribution is 0.0983. The van der Waals surface area contributed by atoms with Gasteiger partial charge in [-0.25, -0.2) is 4.98 Å². The number of ketones is 1. The highest BCUT2D eigenvalue weighted by atomic mass is 16.5. The van der Waals surface area contributed by atoms with Crippen LogP contribution in [0.1, 0.15) is 29.5 Å². The van der Waals surface area contributed by atoms with Crippen LogP contribution in [0.25, 0.3) is 0 Å². The van der Waals surface area contributed by atoms with Crippen molar-refractivity contribution in [1.82, 2.24) is 9.55 Å². The maximum atomic E-state index is 11.8. The molecule has 0 amide bonds. The molecule has 0 atom stereocenters. The second-order valence-corrected chi connectivity index (χ2v) is 4.02. The van der Waals surface area contributed by atoms with Gasteiger partial charge in [0.15, 0.2) is 5.78 Å². The molecule has 0 saturated carbocycles. The average molecular weight is 244 g/mol. The molecule has 0 unspecified atom stereocenters. The minimum atomic E-state index is 0.0884. The second-order valence-electron chi connectivity index (χ2n) is 4.02. The Hall–Kier alpha value is -2.10. The van der Waals surface area contributed by atoms with Crippen LogP contribution < -0.4 is 4.74 Å². The summed E-state index contributed by atoms with van der Waals surface area (Å²) in [5, 5.41) is 0. The van der Waals surface area contributed by atoms with Gasteiger partial charge in [-0.3, -0.25) is 4.79 Å². The van der Waals surface area contributed by atoms with Gasteiger partial charge in [-0.1, -0.05) is 19.1 Å². The van der Waals surface area contributed by atoms with Gasteiger partial charge in [-0.2, -0.15) is 0 Å². The van der Waals surface area contributed by atoms with Gasteiger partial charge in [0.2, 0.25) is 0 Å². The predicted molar refractivity (Wildman–Crippen MR) is 68.6 cm³/mol. The largest absolute Gasteiger partial charge is 0.485 e. The lowest BCUT2D eigenvalue weighted by Crippen LogP contribution is -2.06. The van der Waals surface area contributed by atoms with Crippen molar-refractivity contribution in [2.45, 2.75) is 20.0 Å². The molecule has 0 radical (unpaired) electrons. The summed E-state index contributed by atoms with van der Waals surface area (Å²) in [5.41, 5.74) is 0.634. The van der Waals surface area contributed by atoms with E-state index in [2.05, 4.69) is 4.98 Å². The van der Waals surface area contributed by atoms with Crippen molar-refractivity contribution in [1.29, 1.82) is 0 Å². The standard InChI is InChI=1S/C14H16N2O2/c1-3-12(17)11-6-4-5-7-13(11)18-10-14-15-8-9-16(14)2/h4-9H,3,10H2,1-2H3. The molecule has 4 nitrogen and oxygen atoms in total. The minimum Gasteiger partial charge on any atom is -0.485 e. The molecule has 4 heteroatoms. The Kier molecular flexibility index (Phi) is 3.77. The van der Waals surface area contributed by atoms with Crippen LogP contribution in [0.5, 0.6) is 5.75 Å². The van der Waals surface area contributed by atoms with Crippen molar-refractivity contribution in [3.05, 3.63) is 48.0 Å². The highest BCUT2D eigenvalue weighted by Crippen LogP contribution is 2.20. The van der Waals surface area contributed by atoms with E-state index in [4.69, 9.17) is 4.74 Å². The molecule has 0 aliphatic carbocycles. The minimum absolute atomic E-state index is 0.0884. The SMILES string of the molecule is CCC(=O)c1ccccc1OCc1nccn1C. The molecule has 94 valence electrons. The summed E-state index contributed by atoms with van der Waals surface area (Å²) >= 11 is 0. The van der Waals surface area contributed by atoms with E-state index in [-0.39, 0.29) is 5.78 Å². The van der Waals surface area contributed by atoms with Gasteiger partial charge >= 0.3 is 0 Å². The van der Waals surface area contributed by atoms with Crippen molar-refractivity contribution >= 4 is 5.78 Å². The summed E-state index contributed by atoms with van der Waals surface area (Å²) in [6.07, 6.45) is 4.06. The Morgan fingerprint density at radius 2 is 2.17 bits per heavy atom. The summed E-state index contributed by atoms with van der Waals surface area (Å²) in [5.74, 6) is 1.53. The molecule has 0 fully saturated rings. The number of imidazole rings is 1. The van der Waals surface area contributed by atoms with Crippen molar-refractivity contribution < 1.29 is 9.53 Å². The topological polar surface area (TPSA) is 44.1 Å². The van der Waals surface area contributed by atoms with E-state index in [9.17, 15) is 4.79 Å². The van der Waals surface area contributed by atoms with E-state index in [1.165, 1.54) is 0 Å². The van der Waals surface area contributed by atoms with E-state index in [1.54, 1.807) is 12.3 Å². The van der Waals surface area contributed by atoms with E-state index < -0.39 is 0 Å². The van der Waals surface area contributed by atoms with Crippen LogP contribution in [0.2, 0.25) is 0 Å². The van der Waals surface area contributed by atoms with Gasteiger partial charge in [-0.15, -0.1) is 0 Å². The zero-order chi connectivity index (χ0) is 13.0. The highest BCUT2D eigenvalue weighted by molar-refractivity contribution is 5.98. The molecule has 0 spiro atoms. The van der Waals surface area contributed by atoms with Crippen LogP contribution in [-0.2, 0) is 13.7 Å². The molecule has 0 aliphatic rings. The second kappa shape index (κ2) is 5.49. The molecule has 2 aromatic rings. The third kappa shape index (κ3) is 2.59. The van der Waals surface area contributed by atoms with Crippen LogP contribution >= 0.6 is 0 Å². The molecule has 1 aromatic carbocycles. The van der Waals surface area contributed by atoms with E-state index in [0.717, 1.165) is 5.82 Å². The van der Waals surface area contributed by atoms with Gasteiger partial charge in [0, 0.05) is 25.9 Å². The molecule has 2 rings (SSSR count). The highest BCUT2D eigenvalue weighted by Gasteiger charge is 2.10. The van der Waals surface area contributed by atoms with Crippen LogP contribution in [0.3, 0.4) is 0 Å². The maximum absolute atomic E-state index is 11.8. The number of ether oxygens (including phenoxy) is 1. The molecule has 0 bridgehead atoms. The molecule has 1 aromatic heterocycles. The van der Waals surface area contributed by atoms with Crippen LogP contribution in [-0.4, -0.2) is 15.3 Å². The zero-order valence-electron chi connectivity index (χ0n) is 10.6. The van der Waals surface area contributed by atoms with Gasteiger partial charge in [0.1, 0.15) is 18.2 Å². The Balaban J connectivity index is 2.14. The number of hydrogen-bond acceptors (Lipinski definition) is 3. The first-order chi connectivity index (χ1) is 8.72. The average Bonchev–Trinajstić information content (AvgIpc) is 2.81. The number of aryl methyl sites for hydroxylation is 1. The fourth-order valence-corrected chi connectivity index (χ4v) is 1.69. The van der Waals surface area contributed by atoms with Crippen molar-refractivity contribution in [3.63, 3.8) is 0 Å². The summed E-state index contributed by atoms with van der Waals surface area (Å²) in [6.45, 7) is 2.20. The third-order valence-corrected chi connectivity index (χ3v) is 2.79. The lowest BCUT2D eigenvalue weighted by Gasteiger charge is -2.10. The van der Waals surface area contributed by atoms with E-state index in [0.29, 0.717) is 24.3 Å². The summed E-state index contributed by atoms with van der Waals surface area (Å²) in [7, 11) is 1.91. The molecule has 0 saturated heterocycles. The first kappa shape index (κ1) is 12.4. The Morgan fingerprint density at radius 3 is 2.83 bits per heavy atom. The van der Waals surface area contributed by atoms with Crippen LogP contribution in [0.4, 0.5) is 0 Å².